The number of esters is 1. The van der Waals surface area contributed by atoms with Crippen molar-refractivity contribution in [1.82, 2.24) is 4.90 Å². The summed E-state index contributed by atoms with van der Waals surface area (Å²) in [7, 11) is 1.30. The van der Waals surface area contributed by atoms with Gasteiger partial charge in [-0.05, 0) is 35.4 Å². The first kappa shape index (κ1) is 18.4. The molecule has 0 bridgehead atoms. The van der Waals surface area contributed by atoms with E-state index in [0.717, 1.165) is 11.1 Å². The van der Waals surface area contributed by atoms with E-state index >= 15 is 0 Å². The molecule has 1 N–H and O–H groups in total. The first-order valence-corrected chi connectivity index (χ1v) is 8.54. The molecule has 6 nitrogen and oxygen atoms in total. The monoisotopic (exact) mass is 364 g/mol. The van der Waals surface area contributed by atoms with E-state index in [1.165, 1.54) is 14.0 Å². The molecule has 0 aromatic heterocycles. The number of nitrogens with one attached hydrogen (secondary N) is 1. The Balaban J connectivity index is 1.79. The van der Waals surface area contributed by atoms with Gasteiger partial charge < -0.3 is 15.0 Å². The third kappa shape index (κ3) is 4.06. The number of amides is 2. The van der Waals surface area contributed by atoms with E-state index in [1.807, 2.05) is 30.3 Å². The van der Waals surface area contributed by atoms with Crippen LogP contribution < -0.4 is 5.32 Å². The zero-order valence-electron chi connectivity index (χ0n) is 15.1. The summed E-state index contributed by atoms with van der Waals surface area (Å²) in [5.74, 6) is -0.857. The lowest BCUT2D eigenvalue weighted by molar-refractivity contribution is -0.129. The highest BCUT2D eigenvalue weighted by molar-refractivity contribution is 5.95. The third-order valence-electron chi connectivity index (χ3n) is 4.42. The molecule has 0 radical (unpaired) electrons. The maximum Gasteiger partial charge on any atom is 0.337 e. The Morgan fingerprint density at radius 1 is 1.11 bits per heavy atom. The van der Waals surface area contributed by atoms with Crippen molar-refractivity contribution in [1.29, 1.82) is 0 Å². The fourth-order valence-electron chi connectivity index (χ4n) is 3.14. The number of methoxy groups -OCH3 is 1. The van der Waals surface area contributed by atoms with Gasteiger partial charge in [-0.2, -0.15) is 0 Å². The van der Waals surface area contributed by atoms with Crippen molar-refractivity contribution in [3.05, 3.63) is 71.4 Å². The van der Waals surface area contributed by atoms with Crippen LogP contribution in [0.15, 0.2) is 54.7 Å². The summed E-state index contributed by atoms with van der Waals surface area (Å²) in [4.78, 5) is 37.8. The summed E-state index contributed by atoms with van der Waals surface area (Å²) in [6.07, 6.45) is 3.68. The number of carbonyl (C=O) groups excluding carboxylic acids is 3. The normalized spacial score (nSPS) is 15.0. The van der Waals surface area contributed by atoms with Crippen LogP contribution in [0.3, 0.4) is 0 Å². The van der Waals surface area contributed by atoms with Crippen molar-refractivity contribution in [2.75, 3.05) is 12.4 Å². The molecule has 2 amide bonds. The van der Waals surface area contributed by atoms with Crippen molar-refractivity contribution in [2.45, 2.75) is 19.4 Å². The van der Waals surface area contributed by atoms with Crippen LogP contribution in [0.2, 0.25) is 0 Å². The fraction of sp³-hybridized carbons (Fsp3) is 0.190. The summed E-state index contributed by atoms with van der Waals surface area (Å²) in [6, 6.07) is 13.8. The van der Waals surface area contributed by atoms with E-state index in [9.17, 15) is 14.4 Å². The lowest BCUT2D eigenvalue weighted by Crippen LogP contribution is -2.33. The van der Waals surface area contributed by atoms with E-state index in [0.29, 0.717) is 11.3 Å². The van der Waals surface area contributed by atoms with Gasteiger partial charge in [-0.1, -0.05) is 30.3 Å². The van der Waals surface area contributed by atoms with Gasteiger partial charge in [0.25, 0.3) is 0 Å². The van der Waals surface area contributed by atoms with Crippen molar-refractivity contribution < 1.29 is 19.1 Å². The number of nitrogens with zero attached hydrogens (tertiary/aromatic N) is 1. The van der Waals surface area contributed by atoms with Gasteiger partial charge in [-0.15, -0.1) is 0 Å². The van der Waals surface area contributed by atoms with Gasteiger partial charge in [0.15, 0.2) is 0 Å². The van der Waals surface area contributed by atoms with Crippen LogP contribution in [0.1, 0.15) is 40.9 Å². The Bertz CT molecular complexity index is 920. The number of carbonyl (C=O) groups is 3. The average Bonchev–Trinajstić information content (AvgIpc) is 2.67. The lowest BCUT2D eigenvalue weighted by atomic mass is 9.93. The van der Waals surface area contributed by atoms with Crippen LogP contribution in [-0.4, -0.2) is 29.8 Å². The van der Waals surface area contributed by atoms with Gasteiger partial charge in [0.2, 0.25) is 11.8 Å². The predicted molar refractivity (Wildman–Crippen MR) is 102 cm³/mol. The van der Waals surface area contributed by atoms with E-state index in [4.69, 9.17) is 4.74 Å². The van der Waals surface area contributed by atoms with Crippen molar-refractivity contribution in [3.8, 4) is 0 Å². The zero-order valence-corrected chi connectivity index (χ0v) is 15.1. The van der Waals surface area contributed by atoms with E-state index in [-0.39, 0.29) is 24.3 Å². The van der Waals surface area contributed by atoms with Crippen LogP contribution in [0.5, 0.6) is 0 Å². The first-order chi connectivity index (χ1) is 13.0. The molecule has 6 heteroatoms. The predicted octanol–water partition coefficient (Wildman–Crippen LogP) is 3.38. The first-order valence-electron chi connectivity index (χ1n) is 8.54. The van der Waals surface area contributed by atoms with Crippen LogP contribution in [0.4, 0.5) is 5.69 Å². The zero-order chi connectivity index (χ0) is 19.4. The molecule has 1 aliphatic rings. The minimum atomic E-state index is -0.472. The molecule has 2 aromatic rings. The Morgan fingerprint density at radius 3 is 2.63 bits per heavy atom. The number of anilines is 1. The Hall–Kier alpha value is -3.41. The summed E-state index contributed by atoms with van der Waals surface area (Å²) in [6.45, 7) is 1.48. The van der Waals surface area contributed by atoms with Gasteiger partial charge in [-0.3, -0.25) is 9.59 Å². The van der Waals surface area contributed by atoms with Crippen LogP contribution in [-0.2, 0) is 14.3 Å². The van der Waals surface area contributed by atoms with Crippen LogP contribution in [0, 0.1) is 0 Å². The molecule has 0 aliphatic carbocycles. The van der Waals surface area contributed by atoms with Crippen molar-refractivity contribution >= 4 is 29.5 Å². The molecular weight excluding hydrogens is 344 g/mol. The molecule has 138 valence electrons. The number of hydrogen-bond acceptors (Lipinski definition) is 4. The van der Waals surface area contributed by atoms with E-state index in [1.54, 1.807) is 35.4 Å². The summed E-state index contributed by atoms with van der Waals surface area (Å²) >= 11 is 0. The molecule has 2 aromatic carbocycles. The van der Waals surface area contributed by atoms with Gasteiger partial charge in [0.1, 0.15) is 0 Å². The Morgan fingerprint density at radius 2 is 1.89 bits per heavy atom. The summed E-state index contributed by atoms with van der Waals surface area (Å²) < 4.78 is 4.69. The minimum absolute atomic E-state index is 0.101. The third-order valence-corrected chi connectivity index (χ3v) is 4.42. The van der Waals surface area contributed by atoms with E-state index in [2.05, 4.69) is 5.32 Å². The fourth-order valence-corrected chi connectivity index (χ4v) is 3.14. The molecule has 0 fully saturated rings. The van der Waals surface area contributed by atoms with Crippen LogP contribution in [0.25, 0.3) is 6.08 Å². The average molecular weight is 364 g/mol. The largest absolute Gasteiger partial charge is 0.465 e. The minimum Gasteiger partial charge on any atom is -0.465 e. The molecule has 0 spiro atoms. The second-order valence-corrected chi connectivity index (χ2v) is 6.21. The number of hydrogen-bond donors (Lipinski definition) is 1. The van der Waals surface area contributed by atoms with Gasteiger partial charge >= 0.3 is 5.97 Å². The van der Waals surface area contributed by atoms with E-state index < -0.39 is 5.97 Å². The SMILES string of the molecule is COC(=O)c1cccc(NC(=O)C[C@@H]2c3ccccc3C=CN2C(C)=O)c1. The number of benzene rings is 2. The number of fused-ring (bicyclic) bond motifs is 1. The second-order valence-electron chi connectivity index (χ2n) is 6.21. The number of rotatable bonds is 4. The Kier molecular flexibility index (Phi) is 5.35. The lowest BCUT2D eigenvalue weighted by Gasteiger charge is -2.32. The highest BCUT2D eigenvalue weighted by Crippen LogP contribution is 2.33. The Labute approximate surface area is 157 Å². The van der Waals surface area contributed by atoms with Crippen LogP contribution >= 0.6 is 0 Å². The molecule has 1 aliphatic heterocycles. The van der Waals surface area contributed by atoms with Crippen molar-refractivity contribution in [3.63, 3.8) is 0 Å². The second kappa shape index (κ2) is 7.86. The van der Waals surface area contributed by atoms with Crippen molar-refractivity contribution in [2.24, 2.45) is 0 Å². The molecule has 1 atom stereocenters. The standard InChI is InChI=1S/C21H20N2O4/c1-14(24)23-11-10-15-6-3-4-9-18(15)19(23)13-20(25)22-17-8-5-7-16(12-17)21(26)27-2/h3-12,19H,13H2,1-2H3,(H,22,25)/t19-/m1/s1. The molecule has 3 rings (SSSR count). The smallest absolute Gasteiger partial charge is 0.337 e. The quantitative estimate of drug-likeness (QED) is 0.844. The highest BCUT2D eigenvalue weighted by atomic mass is 16.5. The molecule has 0 saturated heterocycles. The maximum absolute atomic E-state index is 12.6. The topological polar surface area (TPSA) is 75.7 Å². The van der Waals surface area contributed by atoms with Gasteiger partial charge in [0.05, 0.1) is 25.1 Å². The molecule has 0 unspecified atom stereocenters. The van der Waals surface area contributed by atoms with Gasteiger partial charge in [-0.25, -0.2) is 4.79 Å². The summed E-state index contributed by atoms with van der Waals surface area (Å²) in [5.41, 5.74) is 2.76. The molecule has 27 heavy (non-hydrogen) atoms. The molecule has 1 heterocycles. The van der Waals surface area contributed by atoms with Gasteiger partial charge in [0, 0.05) is 18.8 Å². The summed E-state index contributed by atoms with van der Waals surface area (Å²) in [5, 5.41) is 2.79. The number of ether oxygens (including phenoxy) is 1. The highest BCUT2D eigenvalue weighted by Gasteiger charge is 2.28. The molecule has 0 saturated carbocycles. The maximum atomic E-state index is 12.6. The molecular formula is C21H20N2O4.